The lowest BCUT2D eigenvalue weighted by molar-refractivity contribution is 0.0933. The summed E-state index contributed by atoms with van der Waals surface area (Å²) in [5.74, 6) is 0.0450. The summed E-state index contributed by atoms with van der Waals surface area (Å²) in [7, 11) is 0. The van der Waals surface area contributed by atoms with Gasteiger partial charge in [0.1, 0.15) is 0 Å². The number of nitrogens with one attached hydrogen (secondary N) is 1. The predicted molar refractivity (Wildman–Crippen MR) is 67.5 cm³/mol. The molecule has 1 atom stereocenters. The fourth-order valence-electron chi connectivity index (χ4n) is 1.69. The molecule has 0 saturated heterocycles. The van der Waals surface area contributed by atoms with E-state index in [1.165, 1.54) is 12.8 Å². The number of hydrogen-bond donors (Lipinski definition) is 1. The van der Waals surface area contributed by atoms with Gasteiger partial charge in [0.15, 0.2) is 0 Å². The summed E-state index contributed by atoms with van der Waals surface area (Å²) in [6.45, 7) is 4.29. The van der Waals surface area contributed by atoms with Crippen LogP contribution in [0.3, 0.4) is 0 Å². The average molecular weight is 219 g/mol. The largest absolute Gasteiger partial charge is 0.349 e. The normalized spacial score (nSPS) is 12.1. The van der Waals surface area contributed by atoms with Crippen LogP contribution in [0.15, 0.2) is 30.3 Å². The third kappa shape index (κ3) is 4.05. The Hall–Kier alpha value is -1.31. The Balaban J connectivity index is 2.49. The summed E-state index contributed by atoms with van der Waals surface area (Å²) in [6, 6.07) is 9.71. The minimum absolute atomic E-state index is 0.0450. The first-order valence-electron chi connectivity index (χ1n) is 6.13. The van der Waals surface area contributed by atoms with Gasteiger partial charge < -0.3 is 5.32 Å². The van der Waals surface area contributed by atoms with Crippen molar-refractivity contribution in [2.24, 2.45) is 0 Å². The zero-order chi connectivity index (χ0) is 11.8. The second-order valence-corrected chi connectivity index (χ2v) is 4.09. The third-order valence-electron chi connectivity index (χ3n) is 2.77. The maximum Gasteiger partial charge on any atom is 0.251 e. The molecule has 1 rings (SSSR count). The van der Waals surface area contributed by atoms with Crippen LogP contribution in [0.1, 0.15) is 49.9 Å². The molecule has 0 fully saturated rings. The summed E-state index contributed by atoms with van der Waals surface area (Å²) in [4.78, 5) is 11.9. The van der Waals surface area contributed by atoms with E-state index in [0.717, 1.165) is 18.4 Å². The van der Waals surface area contributed by atoms with E-state index in [2.05, 4.69) is 19.2 Å². The second-order valence-electron chi connectivity index (χ2n) is 4.09. The molecule has 2 nitrogen and oxygen atoms in total. The monoisotopic (exact) mass is 219 g/mol. The van der Waals surface area contributed by atoms with E-state index < -0.39 is 0 Å². The maximum absolute atomic E-state index is 11.9. The zero-order valence-electron chi connectivity index (χ0n) is 10.2. The van der Waals surface area contributed by atoms with Gasteiger partial charge in [0.2, 0.25) is 0 Å². The van der Waals surface area contributed by atoms with Crippen molar-refractivity contribution in [3.8, 4) is 0 Å². The Morgan fingerprint density at radius 3 is 2.50 bits per heavy atom. The second kappa shape index (κ2) is 7.04. The molecule has 1 N–H and O–H groups in total. The molecule has 0 saturated carbocycles. The van der Waals surface area contributed by atoms with Crippen LogP contribution in [0.4, 0.5) is 0 Å². The fourth-order valence-corrected chi connectivity index (χ4v) is 1.69. The van der Waals surface area contributed by atoms with Gasteiger partial charge in [0, 0.05) is 11.6 Å². The van der Waals surface area contributed by atoms with E-state index >= 15 is 0 Å². The number of carbonyl (C=O) groups excluding carboxylic acids is 1. The van der Waals surface area contributed by atoms with Crippen LogP contribution in [0.25, 0.3) is 0 Å². The first-order chi connectivity index (χ1) is 7.77. The van der Waals surface area contributed by atoms with Gasteiger partial charge in [-0.25, -0.2) is 0 Å². The van der Waals surface area contributed by atoms with E-state index in [9.17, 15) is 4.79 Å². The molecule has 16 heavy (non-hydrogen) atoms. The van der Waals surface area contributed by atoms with E-state index in [0.29, 0.717) is 6.04 Å². The van der Waals surface area contributed by atoms with Crippen LogP contribution in [-0.4, -0.2) is 11.9 Å². The van der Waals surface area contributed by atoms with Crippen LogP contribution in [0, 0.1) is 0 Å². The first-order valence-corrected chi connectivity index (χ1v) is 6.13. The van der Waals surface area contributed by atoms with Gasteiger partial charge >= 0.3 is 0 Å². The summed E-state index contributed by atoms with van der Waals surface area (Å²) in [5.41, 5.74) is 0.748. The quantitative estimate of drug-likeness (QED) is 0.780. The molecular formula is C14H21NO. The van der Waals surface area contributed by atoms with Gasteiger partial charge in [0.25, 0.3) is 5.91 Å². The van der Waals surface area contributed by atoms with Gasteiger partial charge in [-0.3, -0.25) is 4.79 Å². The first kappa shape index (κ1) is 12.8. The molecule has 1 amide bonds. The van der Waals surface area contributed by atoms with Crippen LogP contribution in [-0.2, 0) is 0 Å². The molecule has 0 heterocycles. The lowest BCUT2D eigenvalue weighted by atomic mass is 10.1. The molecule has 0 aliphatic carbocycles. The topological polar surface area (TPSA) is 29.1 Å². The fraction of sp³-hybridized carbons (Fsp3) is 0.500. The van der Waals surface area contributed by atoms with Crippen molar-refractivity contribution in [2.45, 2.75) is 45.6 Å². The highest BCUT2D eigenvalue weighted by atomic mass is 16.1. The van der Waals surface area contributed by atoms with Gasteiger partial charge in [-0.15, -0.1) is 0 Å². The smallest absolute Gasteiger partial charge is 0.251 e. The van der Waals surface area contributed by atoms with Gasteiger partial charge in [-0.05, 0) is 25.0 Å². The Morgan fingerprint density at radius 1 is 1.25 bits per heavy atom. The molecule has 2 heteroatoms. The van der Waals surface area contributed by atoms with Crippen molar-refractivity contribution in [1.29, 1.82) is 0 Å². The van der Waals surface area contributed by atoms with E-state index in [1.54, 1.807) is 0 Å². The molecule has 0 spiro atoms. The molecule has 1 aromatic rings. The number of hydrogen-bond acceptors (Lipinski definition) is 1. The Labute approximate surface area is 98.1 Å². The molecule has 0 aliphatic heterocycles. The lowest BCUT2D eigenvalue weighted by Crippen LogP contribution is -2.34. The SMILES string of the molecule is CCCCC(CC)NC(=O)c1ccccc1. The number of carbonyl (C=O) groups is 1. The van der Waals surface area contributed by atoms with Crippen molar-refractivity contribution in [3.05, 3.63) is 35.9 Å². The minimum Gasteiger partial charge on any atom is -0.349 e. The van der Waals surface area contributed by atoms with E-state index in [4.69, 9.17) is 0 Å². The highest BCUT2D eigenvalue weighted by molar-refractivity contribution is 5.94. The summed E-state index contributed by atoms with van der Waals surface area (Å²) < 4.78 is 0. The van der Waals surface area contributed by atoms with Gasteiger partial charge in [-0.1, -0.05) is 44.9 Å². The number of benzene rings is 1. The summed E-state index contributed by atoms with van der Waals surface area (Å²) >= 11 is 0. The molecule has 0 aromatic heterocycles. The maximum atomic E-state index is 11.9. The number of rotatable bonds is 6. The van der Waals surface area contributed by atoms with Crippen molar-refractivity contribution in [2.75, 3.05) is 0 Å². The molecule has 0 radical (unpaired) electrons. The average Bonchev–Trinajstić information content (AvgIpc) is 2.35. The molecule has 1 aromatic carbocycles. The molecule has 88 valence electrons. The molecular weight excluding hydrogens is 198 g/mol. The van der Waals surface area contributed by atoms with Crippen molar-refractivity contribution < 1.29 is 4.79 Å². The molecule has 0 aliphatic rings. The minimum atomic E-state index is 0.0450. The van der Waals surface area contributed by atoms with Crippen LogP contribution < -0.4 is 5.32 Å². The Bertz CT molecular complexity index is 308. The van der Waals surface area contributed by atoms with Crippen molar-refractivity contribution in [3.63, 3.8) is 0 Å². The van der Waals surface area contributed by atoms with Gasteiger partial charge in [-0.2, -0.15) is 0 Å². The van der Waals surface area contributed by atoms with Crippen LogP contribution in [0.2, 0.25) is 0 Å². The van der Waals surface area contributed by atoms with Crippen molar-refractivity contribution in [1.82, 2.24) is 5.32 Å². The lowest BCUT2D eigenvalue weighted by Gasteiger charge is -2.16. The van der Waals surface area contributed by atoms with Crippen LogP contribution >= 0.6 is 0 Å². The van der Waals surface area contributed by atoms with Gasteiger partial charge in [0.05, 0.1) is 0 Å². The highest BCUT2D eigenvalue weighted by Gasteiger charge is 2.10. The van der Waals surface area contributed by atoms with E-state index in [1.807, 2.05) is 30.3 Å². The predicted octanol–water partition coefficient (Wildman–Crippen LogP) is 3.39. The number of unbranched alkanes of at least 4 members (excludes halogenated alkanes) is 1. The van der Waals surface area contributed by atoms with E-state index in [-0.39, 0.29) is 5.91 Å². The van der Waals surface area contributed by atoms with Crippen LogP contribution in [0.5, 0.6) is 0 Å². The third-order valence-corrected chi connectivity index (χ3v) is 2.77. The van der Waals surface area contributed by atoms with Crippen molar-refractivity contribution >= 4 is 5.91 Å². The summed E-state index contributed by atoms with van der Waals surface area (Å²) in [6.07, 6.45) is 4.43. The Morgan fingerprint density at radius 2 is 1.94 bits per heavy atom. The standard InChI is InChI=1S/C14H21NO/c1-3-5-11-13(4-2)15-14(16)12-9-7-6-8-10-12/h6-10,13H,3-5,11H2,1-2H3,(H,15,16). The highest BCUT2D eigenvalue weighted by Crippen LogP contribution is 2.06. The summed E-state index contributed by atoms with van der Waals surface area (Å²) in [5, 5.41) is 3.08. The molecule has 0 bridgehead atoms. The zero-order valence-corrected chi connectivity index (χ0v) is 10.2. The number of amides is 1. The Kier molecular flexibility index (Phi) is 5.62. The molecule has 1 unspecified atom stereocenters.